The minimum absolute atomic E-state index is 0.0641. The van der Waals surface area contributed by atoms with E-state index in [2.05, 4.69) is 9.62 Å². The van der Waals surface area contributed by atoms with Crippen molar-refractivity contribution in [3.8, 4) is 0 Å². The first-order chi connectivity index (χ1) is 10.5. The van der Waals surface area contributed by atoms with E-state index in [1.54, 1.807) is 6.07 Å². The van der Waals surface area contributed by atoms with E-state index < -0.39 is 16.0 Å². The fraction of sp³-hybridized carbons (Fsp3) is 0.500. The number of morpholine rings is 1. The molecule has 0 aliphatic carbocycles. The fourth-order valence-corrected chi connectivity index (χ4v) is 3.63. The zero-order valence-corrected chi connectivity index (χ0v) is 13.1. The Balaban J connectivity index is 1.70. The SMILES string of the molecule is CN1CCOC(CNS(=O)(=O)c2ccc3c(c2)C(=O)OC3)C1. The van der Waals surface area contributed by atoms with E-state index in [0.717, 1.165) is 6.54 Å². The lowest BCUT2D eigenvalue weighted by Crippen LogP contribution is -2.45. The van der Waals surface area contributed by atoms with Crippen molar-refractivity contribution in [3.05, 3.63) is 29.3 Å². The molecule has 2 aliphatic rings. The second kappa shape index (κ2) is 5.96. The number of likely N-dealkylation sites (N-methyl/N-ethyl adjacent to an activating group) is 1. The third-order valence-corrected chi connectivity index (χ3v) is 5.23. The van der Waals surface area contributed by atoms with E-state index in [1.165, 1.54) is 12.1 Å². The molecule has 2 heterocycles. The zero-order valence-electron chi connectivity index (χ0n) is 12.2. The number of hydrogen-bond donors (Lipinski definition) is 1. The van der Waals surface area contributed by atoms with Gasteiger partial charge in [-0.15, -0.1) is 0 Å². The molecule has 0 aromatic heterocycles. The summed E-state index contributed by atoms with van der Waals surface area (Å²) >= 11 is 0. The first-order valence-corrected chi connectivity index (χ1v) is 8.54. The average molecular weight is 326 g/mol. The van der Waals surface area contributed by atoms with Gasteiger partial charge in [-0.1, -0.05) is 6.07 Å². The van der Waals surface area contributed by atoms with E-state index in [0.29, 0.717) is 24.3 Å². The molecule has 0 amide bonds. The van der Waals surface area contributed by atoms with Gasteiger partial charge >= 0.3 is 5.97 Å². The fourth-order valence-electron chi connectivity index (χ4n) is 2.54. The van der Waals surface area contributed by atoms with Gasteiger partial charge in [-0.25, -0.2) is 17.9 Å². The van der Waals surface area contributed by atoms with Crippen molar-refractivity contribution >= 4 is 16.0 Å². The number of ether oxygens (including phenoxy) is 2. The molecule has 1 unspecified atom stereocenters. The highest BCUT2D eigenvalue weighted by Gasteiger charge is 2.26. The highest BCUT2D eigenvalue weighted by atomic mass is 32.2. The van der Waals surface area contributed by atoms with Crippen molar-refractivity contribution in [3.63, 3.8) is 0 Å². The largest absolute Gasteiger partial charge is 0.457 e. The van der Waals surface area contributed by atoms with Gasteiger partial charge in [-0.2, -0.15) is 0 Å². The van der Waals surface area contributed by atoms with E-state index in [4.69, 9.17) is 9.47 Å². The van der Waals surface area contributed by atoms with Crippen molar-refractivity contribution < 1.29 is 22.7 Å². The lowest BCUT2D eigenvalue weighted by atomic mass is 10.1. The van der Waals surface area contributed by atoms with Gasteiger partial charge < -0.3 is 14.4 Å². The van der Waals surface area contributed by atoms with E-state index in [1.807, 2.05) is 7.05 Å². The van der Waals surface area contributed by atoms with Crippen molar-refractivity contribution in [1.82, 2.24) is 9.62 Å². The molecule has 8 heteroatoms. The molecule has 0 spiro atoms. The van der Waals surface area contributed by atoms with Crippen molar-refractivity contribution in [2.45, 2.75) is 17.6 Å². The molecule has 3 rings (SSSR count). The summed E-state index contributed by atoms with van der Waals surface area (Å²) in [5.41, 5.74) is 1.03. The summed E-state index contributed by atoms with van der Waals surface area (Å²) in [6.45, 7) is 2.52. The molecule has 1 atom stereocenters. The van der Waals surface area contributed by atoms with Gasteiger partial charge in [-0.05, 0) is 19.2 Å². The summed E-state index contributed by atoms with van der Waals surface area (Å²) in [7, 11) is -1.71. The Morgan fingerprint density at radius 3 is 3.00 bits per heavy atom. The molecule has 1 aromatic carbocycles. The molecule has 1 saturated heterocycles. The van der Waals surface area contributed by atoms with Gasteiger partial charge in [0.1, 0.15) is 6.61 Å². The normalized spacial score (nSPS) is 22.4. The molecule has 120 valence electrons. The van der Waals surface area contributed by atoms with Crippen molar-refractivity contribution in [1.29, 1.82) is 0 Å². The summed E-state index contributed by atoms with van der Waals surface area (Å²) < 4.78 is 37.6. The molecule has 0 saturated carbocycles. The highest BCUT2D eigenvalue weighted by molar-refractivity contribution is 7.89. The lowest BCUT2D eigenvalue weighted by molar-refractivity contribution is -0.0156. The molecular formula is C14H18N2O5S. The van der Waals surface area contributed by atoms with Crippen LogP contribution >= 0.6 is 0 Å². The molecule has 1 N–H and O–H groups in total. The van der Waals surface area contributed by atoms with Crippen LogP contribution in [0.15, 0.2) is 23.1 Å². The number of benzene rings is 1. The number of sulfonamides is 1. The number of esters is 1. The van der Waals surface area contributed by atoms with Crippen LogP contribution in [-0.4, -0.2) is 58.7 Å². The van der Waals surface area contributed by atoms with Crippen LogP contribution in [0, 0.1) is 0 Å². The Bertz CT molecular complexity index is 688. The van der Waals surface area contributed by atoms with Crippen LogP contribution in [0.4, 0.5) is 0 Å². The minimum Gasteiger partial charge on any atom is -0.457 e. The van der Waals surface area contributed by atoms with Crippen molar-refractivity contribution in [2.24, 2.45) is 0 Å². The summed E-state index contributed by atoms with van der Waals surface area (Å²) in [5.74, 6) is -0.482. The number of fused-ring (bicyclic) bond motifs is 1. The Morgan fingerprint density at radius 1 is 1.41 bits per heavy atom. The number of nitrogens with one attached hydrogen (secondary N) is 1. The monoisotopic (exact) mass is 326 g/mol. The molecular weight excluding hydrogens is 308 g/mol. The Hall–Kier alpha value is -1.48. The van der Waals surface area contributed by atoms with Crippen LogP contribution in [-0.2, 0) is 26.1 Å². The van der Waals surface area contributed by atoms with Crippen LogP contribution in [0.1, 0.15) is 15.9 Å². The van der Waals surface area contributed by atoms with Gasteiger partial charge in [-0.3, -0.25) is 0 Å². The Morgan fingerprint density at radius 2 is 2.23 bits per heavy atom. The first-order valence-electron chi connectivity index (χ1n) is 7.05. The van der Waals surface area contributed by atoms with Crippen LogP contribution in [0.25, 0.3) is 0 Å². The summed E-state index contributed by atoms with van der Waals surface area (Å²) in [5, 5.41) is 0. The Kier molecular flexibility index (Phi) is 4.18. The maximum atomic E-state index is 12.3. The van der Waals surface area contributed by atoms with E-state index >= 15 is 0 Å². The van der Waals surface area contributed by atoms with Crippen LogP contribution in [0.5, 0.6) is 0 Å². The first kappa shape index (κ1) is 15.4. The predicted molar refractivity (Wildman–Crippen MR) is 78.0 cm³/mol. The summed E-state index contributed by atoms with van der Waals surface area (Å²) in [6, 6.07) is 4.46. The van der Waals surface area contributed by atoms with E-state index in [-0.39, 0.29) is 24.2 Å². The van der Waals surface area contributed by atoms with Gasteiger partial charge in [0.05, 0.1) is 23.2 Å². The predicted octanol–water partition coefficient (Wildman–Crippen LogP) is -0.0341. The van der Waals surface area contributed by atoms with E-state index in [9.17, 15) is 13.2 Å². The Labute approximate surface area is 129 Å². The average Bonchev–Trinajstić information content (AvgIpc) is 2.86. The van der Waals surface area contributed by atoms with Gasteiger partial charge in [0.15, 0.2) is 0 Å². The molecule has 0 radical (unpaired) electrons. The molecule has 7 nitrogen and oxygen atoms in total. The molecule has 2 aliphatic heterocycles. The number of carbonyl (C=O) groups excluding carboxylic acids is 1. The van der Waals surface area contributed by atoms with Gasteiger partial charge in [0, 0.05) is 25.2 Å². The highest BCUT2D eigenvalue weighted by Crippen LogP contribution is 2.23. The quantitative estimate of drug-likeness (QED) is 0.782. The maximum absolute atomic E-state index is 12.3. The molecule has 1 aromatic rings. The number of nitrogens with zero attached hydrogens (tertiary/aromatic N) is 1. The third kappa shape index (κ3) is 3.14. The number of carbonyl (C=O) groups is 1. The maximum Gasteiger partial charge on any atom is 0.338 e. The second-order valence-electron chi connectivity index (χ2n) is 5.50. The van der Waals surface area contributed by atoms with Crippen LogP contribution in [0.2, 0.25) is 0 Å². The standard InChI is InChI=1S/C14H18N2O5S/c1-16-4-5-20-11(8-16)7-15-22(18,19)12-3-2-10-9-21-14(17)13(10)6-12/h2-3,6,11,15H,4-5,7-9H2,1H3. The third-order valence-electron chi connectivity index (χ3n) is 3.81. The second-order valence-corrected chi connectivity index (χ2v) is 7.27. The number of rotatable bonds is 4. The molecule has 0 bridgehead atoms. The number of cyclic esters (lactones) is 1. The number of hydrogen-bond acceptors (Lipinski definition) is 6. The summed E-state index contributed by atoms with van der Waals surface area (Å²) in [6.07, 6.45) is -0.173. The van der Waals surface area contributed by atoms with Gasteiger partial charge in [0.25, 0.3) is 0 Å². The van der Waals surface area contributed by atoms with Gasteiger partial charge in [0.2, 0.25) is 10.0 Å². The molecule has 1 fully saturated rings. The lowest BCUT2D eigenvalue weighted by Gasteiger charge is -2.30. The topological polar surface area (TPSA) is 84.9 Å². The molecule has 22 heavy (non-hydrogen) atoms. The zero-order chi connectivity index (χ0) is 15.7. The minimum atomic E-state index is -3.68. The van der Waals surface area contributed by atoms with Crippen molar-refractivity contribution in [2.75, 3.05) is 33.3 Å². The van der Waals surface area contributed by atoms with Crippen LogP contribution < -0.4 is 4.72 Å². The smallest absolute Gasteiger partial charge is 0.338 e. The summed E-state index contributed by atoms with van der Waals surface area (Å²) in [4.78, 5) is 13.7. The van der Waals surface area contributed by atoms with Crippen LogP contribution in [0.3, 0.4) is 0 Å².